The van der Waals surface area contributed by atoms with Gasteiger partial charge in [0.2, 0.25) is 0 Å². The molecule has 1 aromatic heterocycles. The SMILES string of the molecule is Cc1nn(C)c(C)c1CNC1CS(=O)(=O)c2ccccc21. The summed E-state index contributed by atoms with van der Waals surface area (Å²) in [4.78, 5) is 0.460. The Labute approximate surface area is 124 Å². The third-order valence-electron chi connectivity index (χ3n) is 4.20. The zero-order valence-electron chi connectivity index (χ0n) is 12.4. The summed E-state index contributed by atoms with van der Waals surface area (Å²) in [6.07, 6.45) is 0. The highest BCUT2D eigenvalue weighted by Crippen LogP contribution is 2.33. The van der Waals surface area contributed by atoms with Gasteiger partial charge in [-0.2, -0.15) is 5.10 Å². The van der Waals surface area contributed by atoms with E-state index in [4.69, 9.17) is 0 Å². The molecular formula is C15H19N3O2S. The van der Waals surface area contributed by atoms with Crippen LogP contribution in [-0.2, 0) is 23.4 Å². The van der Waals surface area contributed by atoms with Gasteiger partial charge in [-0.1, -0.05) is 18.2 Å². The number of aryl methyl sites for hydroxylation is 2. The van der Waals surface area contributed by atoms with Crippen LogP contribution in [0.4, 0.5) is 0 Å². The molecule has 1 aromatic carbocycles. The van der Waals surface area contributed by atoms with E-state index in [1.165, 1.54) is 0 Å². The van der Waals surface area contributed by atoms with E-state index in [9.17, 15) is 8.42 Å². The Kier molecular flexibility index (Phi) is 3.37. The maximum absolute atomic E-state index is 12.2. The van der Waals surface area contributed by atoms with E-state index in [0.29, 0.717) is 11.4 Å². The summed E-state index contributed by atoms with van der Waals surface area (Å²) in [5, 5.41) is 7.76. The molecule has 21 heavy (non-hydrogen) atoms. The van der Waals surface area contributed by atoms with Crippen molar-refractivity contribution in [2.45, 2.75) is 31.3 Å². The van der Waals surface area contributed by atoms with Gasteiger partial charge in [0.15, 0.2) is 9.84 Å². The van der Waals surface area contributed by atoms with Crippen molar-refractivity contribution in [1.29, 1.82) is 0 Å². The molecule has 0 saturated carbocycles. The lowest BCUT2D eigenvalue weighted by atomic mass is 10.1. The van der Waals surface area contributed by atoms with E-state index in [-0.39, 0.29) is 11.8 Å². The van der Waals surface area contributed by atoms with Crippen molar-refractivity contribution < 1.29 is 8.42 Å². The number of nitrogens with zero attached hydrogens (tertiary/aromatic N) is 2. The molecule has 0 radical (unpaired) electrons. The minimum atomic E-state index is -3.16. The van der Waals surface area contributed by atoms with Crippen LogP contribution in [0.15, 0.2) is 29.2 Å². The lowest BCUT2D eigenvalue weighted by Crippen LogP contribution is -2.23. The number of nitrogens with one attached hydrogen (secondary N) is 1. The second-order valence-electron chi connectivity index (χ2n) is 5.53. The molecule has 6 heteroatoms. The molecule has 0 spiro atoms. The van der Waals surface area contributed by atoms with Crippen LogP contribution in [0.5, 0.6) is 0 Å². The normalized spacial score (nSPS) is 19.7. The van der Waals surface area contributed by atoms with Gasteiger partial charge in [0.25, 0.3) is 0 Å². The summed E-state index contributed by atoms with van der Waals surface area (Å²) < 4.78 is 26.2. The molecule has 3 rings (SSSR count). The third kappa shape index (κ3) is 2.38. The maximum Gasteiger partial charge on any atom is 0.180 e. The number of benzene rings is 1. The van der Waals surface area contributed by atoms with Crippen molar-refractivity contribution in [2.75, 3.05) is 5.75 Å². The standard InChI is InChI=1S/C15H19N3O2S/c1-10-13(11(2)18(3)17-10)8-16-14-9-21(19,20)15-7-5-4-6-12(14)15/h4-7,14,16H,8-9H2,1-3H3. The second-order valence-corrected chi connectivity index (χ2v) is 7.53. The minimum Gasteiger partial charge on any atom is -0.305 e. The summed E-state index contributed by atoms with van der Waals surface area (Å²) in [5.74, 6) is 0.130. The second kappa shape index (κ2) is 4.96. The average molecular weight is 305 g/mol. The van der Waals surface area contributed by atoms with Crippen LogP contribution in [0.1, 0.15) is 28.6 Å². The molecule has 2 aromatic rings. The highest BCUT2D eigenvalue weighted by molar-refractivity contribution is 7.91. The van der Waals surface area contributed by atoms with Gasteiger partial charge in [-0.05, 0) is 25.5 Å². The molecule has 1 aliphatic rings. The smallest absolute Gasteiger partial charge is 0.180 e. The van der Waals surface area contributed by atoms with Crippen LogP contribution in [0, 0.1) is 13.8 Å². The molecule has 0 bridgehead atoms. The molecule has 2 heterocycles. The number of hydrogen-bond acceptors (Lipinski definition) is 4. The first kappa shape index (κ1) is 14.3. The Morgan fingerprint density at radius 2 is 2.05 bits per heavy atom. The summed E-state index contributed by atoms with van der Waals surface area (Å²) in [7, 11) is -1.24. The Bertz CT molecular complexity index is 793. The van der Waals surface area contributed by atoms with E-state index in [2.05, 4.69) is 10.4 Å². The molecule has 1 atom stereocenters. The number of aromatic nitrogens is 2. The van der Waals surface area contributed by atoms with Crippen LogP contribution in [-0.4, -0.2) is 24.0 Å². The maximum atomic E-state index is 12.2. The molecule has 0 fully saturated rings. The van der Waals surface area contributed by atoms with Gasteiger partial charge in [-0.25, -0.2) is 8.42 Å². The van der Waals surface area contributed by atoms with E-state index in [0.717, 1.165) is 22.5 Å². The Morgan fingerprint density at radius 3 is 2.71 bits per heavy atom. The van der Waals surface area contributed by atoms with E-state index >= 15 is 0 Å². The number of fused-ring (bicyclic) bond motifs is 1. The zero-order chi connectivity index (χ0) is 15.2. The van der Waals surface area contributed by atoms with Crippen LogP contribution in [0.3, 0.4) is 0 Å². The van der Waals surface area contributed by atoms with Gasteiger partial charge in [0, 0.05) is 30.9 Å². The van der Waals surface area contributed by atoms with Gasteiger partial charge in [-0.15, -0.1) is 0 Å². The van der Waals surface area contributed by atoms with Crippen LogP contribution >= 0.6 is 0 Å². The average Bonchev–Trinajstić information content (AvgIpc) is 2.84. The Balaban J connectivity index is 1.85. The fourth-order valence-electron chi connectivity index (χ4n) is 2.92. The van der Waals surface area contributed by atoms with E-state index in [1.807, 2.05) is 37.7 Å². The molecule has 112 valence electrons. The van der Waals surface area contributed by atoms with Gasteiger partial charge in [-0.3, -0.25) is 4.68 Å². The van der Waals surface area contributed by atoms with E-state index < -0.39 is 9.84 Å². The lowest BCUT2D eigenvalue weighted by Gasteiger charge is -2.13. The number of hydrogen-bond donors (Lipinski definition) is 1. The van der Waals surface area contributed by atoms with Gasteiger partial charge in [0.1, 0.15) is 0 Å². The first-order valence-corrected chi connectivity index (χ1v) is 8.59. The van der Waals surface area contributed by atoms with Crippen LogP contribution in [0.2, 0.25) is 0 Å². The van der Waals surface area contributed by atoms with Crippen molar-refractivity contribution in [1.82, 2.24) is 15.1 Å². The monoisotopic (exact) mass is 305 g/mol. The van der Waals surface area contributed by atoms with Gasteiger partial charge < -0.3 is 5.32 Å². The van der Waals surface area contributed by atoms with E-state index in [1.54, 1.807) is 12.1 Å². The molecule has 1 aliphatic heterocycles. The molecule has 1 N–H and O–H groups in total. The summed E-state index contributed by atoms with van der Waals surface area (Å²) in [6, 6.07) is 7.08. The lowest BCUT2D eigenvalue weighted by molar-refractivity contribution is 0.564. The van der Waals surface area contributed by atoms with Crippen molar-refractivity contribution >= 4 is 9.84 Å². The van der Waals surface area contributed by atoms with Crippen molar-refractivity contribution in [3.63, 3.8) is 0 Å². The van der Waals surface area contributed by atoms with Crippen molar-refractivity contribution in [3.8, 4) is 0 Å². The Morgan fingerprint density at radius 1 is 1.33 bits per heavy atom. The third-order valence-corrected chi connectivity index (χ3v) is 6.01. The molecule has 1 unspecified atom stereocenters. The predicted octanol–water partition coefficient (Wildman–Crippen LogP) is 1.66. The predicted molar refractivity (Wildman–Crippen MR) is 80.8 cm³/mol. The Hall–Kier alpha value is -1.66. The summed E-state index contributed by atoms with van der Waals surface area (Å²) >= 11 is 0. The van der Waals surface area contributed by atoms with Crippen molar-refractivity contribution in [2.24, 2.45) is 7.05 Å². The van der Waals surface area contributed by atoms with Crippen LogP contribution in [0.25, 0.3) is 0 Å². The van der Waals surface area contributed by atoms with Crippen LogP contribution < -0.4 is 5.32 Å². The van der Waals surface area contributed by atoms with Gasteiger partial charge >= 0.3 is 0 Å². The zero-order valence-corrected chi connectivity index (χ0v) is 13.2. The minimum absolute atomic E-state index is 0.130. The molecule has 0 aliphatic carbocycles. The molecule has 0 saturated heterocycles. The highest BCUT2D eigenvalue weighted by atomic mass is 32.2. The first-order valence-electron chi connectivity index (χ1n) is 6.94. The summed E-state index contributed by atoms with van der Waals surface area (Å²) in [5.41, 5.74) is 4.10. The fraction of sp³-hybridized carbons (Fsp3) is 0.400. The highest BCUT2D eigenvalue weighted by Gasteiger charge is 2.34. The number of rotatable bonds is 3. The number of sulfone groups is 1. The molecule has 5 nitrogen and oxygen atoms in total. The van der Waals surface area contributed by atoms with Crippen molar-refractivity contribution in [3.05, 3.63) is 46.8 Å². The summed E-state index contributed by atoms with van der Waals surface area (Å²) in [6.45, 7) is 4.62. The largest absolute Gasteiger partial charge is 0.305 e. The van der Waals surface area contributed by atoms with Gasteiger partial charge in [0.05, 0.1) is 16.3 Å². The topological polar surface area (TPSA) is 64.0 Å². The fourth-order valence-corrected chi connectivity index (χ4v) is 4.69. The quantitative estimate of drug-likeness (QED) is 0.936. The molecule has 0 amide bonds. The first-order chi connectivity index (χ1) is 9.90. The molecular weight excluding hydrogens is 286 g/mol.